The van der Waals surface area contributed by atoms with Crippen molar-refractivity contribution in [3.8, 4) is 0 Å². The van der Waals surface area contributed by atoms with Crippen molar-refractivity contribution in [2.75, 3.05) is 6.54 Å². The SMILES string of the molecule is CC1(C)CC(=O)CCN1C(=O)O. The van der Waals surface area contributed by atoms with Gasteiger partial charge in [-0.3, -0.25) is 4.79 Å². The average molecular weight is 171 g/mol. The first-order valence-electron chi connectivity index (χ1n) is 3.96. The molecule has 1 rings (SSSR count). The third-order valence-electron chi connectivity index (χ3n) is 2.21. The largest absolute Gasteiger partial charge is 0.465 e. The van der Waals surface area contributed by atoms with Gasteiger partial charge in [0.15, 0.2) is 0 Å². The molecule has 1 saturated heterocycles. The number of likely N-dealkylation sites (tertiary alicyclic amines) is 1. The van der Waals surface area contributed by atoms with Gasteiger partial charge < -0.3 is 10.0 Å². The van der Waals surface area contributed by atoms with Gasteiger partial charge in [0, 0.05) is 24.9 Å². The number of hydrogen-bond donors (Lipinski definition) is 1. The zero-order valence-electron chi connectivity index (χ0n) is 7.33. The number of carbonyl (C=O) groups is 2. The molecule has 1 aliphatic heterocycles. The summed E-state index contributed by atoms with van der Waals surface area (Å²) in [5, 5.41) is 8.77. The van der Waals surface area contributed by atoms with Crippen LogP contribution in [0.1, 0.15) is 26.7 Å². The second kappa shape index (κ2) is 2.77. The van der Waals surface area contributed by atoms with E-state index in [1.54, 1.807) is 13.8 Å². The molecule has 1 fully saturated rings. The molecule has 0 unspecified atom stereocenters. The number of rotatable bonds is 0. The Balaban J connectivity index is 2.77. The van der Waals surface area contributed by atoms with Crippen LogP contribution in [0.2, 0.25) is 0 Å². The summed E-state index contributed by atoms with van der Waals surface area (Å²) in [7, 11) is 0. The molecular formula is C8H13NO3. The van der Waals surface area contributed by atoms with Crippen LogP contribution in [-0.2, 0) is 4.79 Å². The number of nitrogens with zero attached hydrogens (tertiary/aromatic N) is 1. The number of ketones is 1. The Morgan fingerprint density at radius 1 is 1.58 bits per heavy atom. The average Bonchev–Trinajstić information content (AvgIpc) is 1.82. The maximum absolute atomic E-state index is 11.0. The standard InChI is InChI=1S/C8H13NO3/c1-8(2)5-6(10)3-4-9(8)7(11)12/h3-5H2,1-2H3,(H,11,12). The number of Topliss-reactive ketones (excluding diaryl/α,β-unsaturated/α-hetero) is 1. The molecule has 4 heteroatoms. The minimum absolute atomic E-state index is 0.150. The Morgan fingerprint density at radius 3 is 2.58 bits per heavy atom. The van der Waals surface area contributed by atoms with Gasteiger partial charge in [0.1, 0.15) is 5.78 Å². The van der Waals surface area contributed by atoms with Gasteiger partial charge in [-0.25, -0.2) is 4.79 Å². The molecule has 0 aromatic rings. The molecule has 1 amide bonds. The summed E-state index contributed by atoms with van der Waals surface area (Å²) in [6, 6.07) is 0. The summed E-state index contributed by atoms with van der Waals surface area (Å²) in [5.74, 6) is 0.150. The summed E-state index contributed by atoms with van der Waals surface area (Å²) in [4.78, 5) is 23.0. The molecular weight excluding hydrogens is 158 g/mol. The lowest BCUT2D eigenvalue weighted by Crippen LogP contribution is -2.52. The number of carboxylic acid groups (broad SMARTS) is 1. The molecule has 12 heavy (non-hydrogen) atoms. The van der Waals surface area contributed by atoms with Crippen molar-refractivity contribution in [1.29, 1.82) is 0 Å². The molecule has 68 valence electrons. The second-order valence-corrected chi connectivity index (χ2v) is 3.71. The maximum Gasteiger partial charge on any atom is 0.407 e. The minimum Gasteiger partial charge on any atom is -0.465 e. The Morgan fingerprint density at radius 2 is 2.17 bits per heavy atom. The minimum atomic E-state index is -0.937. The molecule has 1 aliphatic rings. The lowest BCUT2D eigenvalue weighted by atomic mass is 9.90. The highest BCUT2D eigenvalue weighted by molar-refractivity contribution is 5.82. The molecule has 0 atom stereocenters. The van der Waals surface area contributed by atoms with Crippen molar-refractivity contribution in [1.82, 2.24) is 4.90 Å². The first-order chi connectivity index (χ1) is 5.43. The van der Waals surface area contributed by atoms with Crippen LogP contribution in [-0.4, -0.2) is 34.0 Å². The van der Waals surface area contributed by atoms with Gasteiger partial charge in [-0.1, -0.05) is 0 Å². The number of piperidine rings is 1. The quantitative estimate of drug-likeness (QED) is 0.594. The van der Waals surface area contributed by atoms with Crippen molar-refractivity contribution >= 4 is 11.9 Å². The monoisotopic (exact) mass is 171 g/mol. The van der Waals surface area contributed by atoms with Crippen LogP contribution in [0.15, 0.2) is 0 Å². The molecule has 1 heterocycles. The molecule has 4 nitrogen and oxygen atoms in total. The van der Waals surface area contributed by atoms with E-state index in [0.717, 1.165) is 0 Å². The van der Waals surface area contributed by atoms with Crippen molar-refractivity contribution in [2.45, 2.75) is 32.2 Å². The summed E-state index contributed by atoms with van der Waals surface area (Å²) in [5.41, 5.74) is -0.527. The van der Waals surface area contributed by atoms with Gasteiger partial charge in [-0.05, 0) is 13.8 Å². The normalized spacial score (nSPS) is 22.5. The van der Waals surface area contributed by atoms with Crippen LogP contribution < -0.4 is 0 Å². The highest BCUT2D eigenvalue weighted by Crippen LogP contribution is 2.24. The molecule has 0 radical (unpaired) electrons. The Labute approximate surface area is 71.2 Å². The summed E-state index contributed by atoms with van der Waals surface area (Å²) in [6.07, 6.45) is -0.248. The van der Waals surface area contributed by atoms with Crippen molar-refractivity contribution in [3.05, 3.63) is 0 Å². The van der Waals surface area contributed by atoms with Crippen molar-refractivity contribution < 1.29 is 14.7 Å². The fourth-order valence-electron chi connectivity index (χ4n) is 1.56. The zero-order valence-corrected chi connectivity index (χ0v) is 7.33. The predicted molar refractivity (Wildman–Crippen MR) is 43.1 cm³/mol. The molecule has 0 aromatic carbocycles. The summed E-state index contributed by atoms with van der Waals surface area (Å²) in [6.45, 7) is 3.89. The third kappa shape index (κ3) is 1.57. The highest BCUT2D eigenvalue weighted by atomic mass is 16.4. The first kappa shape index (κ1) is 9.03. The van der Waals surface area contributed by atoms with E-state index in [4.69, 9.17) is 5.11 Å². The van der Waals surface area contributed by atoms with Gasteiger partial charge in [0.2, 0.25) is 0 Å². The maximum atomic E-state index is 11.0. The van der Waals surface area contributed by atoms with E-state index in [1.165, 1.54) is 4.90 Å². The molecule has 1 N–H and O–H groups in total. The fraction of sp³-hybridized carbons (Fsp3) is 0.750. The van der Waals surface area contributed by atoms with Crippen molar-refractivity contribution in [3.63, 3.8) is 0 Å². The lowest BCUT2D eigenvalue weighted by molar-refractivity contribution is -0.124. The molecule has 0 spiro atoms. The van der Waals surface area contributed by atoms with E-state index in [2.05, 4.69) is 0 Å². The second-order valence-electron chi connectivity index (χ2n) is 3.71. The summed E-state index contributed by atoms with van der Waals surface area (Å²) >= 11 is 0. The number of hydrogen-bond acceptors (Lipinski definition) is 2. The Kier molecular flexibility index (Phi) is 2.08. The van der Waals surface area contributed by atoms with Crippen LogP contribution >= 0.6 is 0 Å². The molecule has 0 bridgehead atoms. The smallest absolute Gasteiger partial charge is 0.407 e. The van der Waals surface area contributed by atoms with E-state index < -0.39 is 11.6 Å². The van der Waals surface area contributed by atoms with E-state index in [0.29, 0.717) is 19.4 Å². The van der Waals surface area contributed by atoms with E-state index in [9.17, 15) is 9.59 Å². The van der Waals surface area contributed by atoms with Gasteiger partial charge in [-0.2, -0.15) is 0 Å². The van der Waals surface area contributed by atoms with Crippen molar-refractivity contribution in [2.24, 2.45) is 0 Å². The molecule has 0 aromatic heterocycles. The molecule has 0 aliphatic carbocycles. The Bertz CT molecular complexity index is 222. The number of carbonyl (C=O) groups excluding carboxylic acids is 1. The third-order valence-corrected chi connectivity index (χ3v) is 2.21. The zero-order chi connectivity index (χ0) is 9.35. The predicted octanol–water partition coefficient (Wildman–Crippen LogP) is 1.11. The number of amides is 1. The van der Waals surface area contributed by atoms with Gasteiger partial charge in [-0.15, -0.1) is 0 Å². The van der Waals surface area contributed by atoms with Crippen LogP contribution in [0, 0.1) is 0 Å². The Hall–Kier alpha value is -1.06. The molecule has 0 saturated carbocycles. The first-order valence-corrected chi connectivity index (χ1v) is 3.96. The van der Waals surface area contributed by atoms with Gasteiger partial charge in [0.05, 0.1) is 0 Å². The van der Waals surface area contributed by atoms with Crippen LogP contribution in [0.4, 0.5) is 4.79 Å². The van der Waals surface area contributed by atoms with E-state index in [-0.39, 0.29) is 5.78 Å². The van der Waals surface area contributed by atoms with Crippen LogP contribution in [0.25, 0.3) is 0 Å². The van der Waals surface area contributed by atoms with Gasteiger partial charge in [0.25, 0.3) is 0 Å². The van der Waals surface area contributed by atoms with Crippen LogP contribution in [0.5, 0.6) is 0 Å². The van der Waals surface area contributed by atoms with E-state index in [1.807, 2.05) is 0 Å². The summed E-state index contributed by atoms with van der Waals surface area (Å²) < 4.78 is 0. The fourth-order valence-corrected chi connectivity index (χ4v) is 1.56. The topological polar surface area (TPSA) is 57.6 Å². The van der Waals surface area contributed by atoms with Crippen LogP contribution in [0.3, 0.4) is 0 Å². The van der Waals surface area contributed by atoms with Gasteiger partial charge >= 0.3 is 6.09 Å². The van der Waals surface area contributed by atoms with E-state index >= 15 is 0 Å². The highest BCUT2D eigenvalue weighted by Gasteiger charge is 2.36. The lowest BCUT2D eigenvalue weighted by Gasteiger charge is -2.39.